The molecule has 0 saturated heterocycles. The normalized spacial score (nSPS) is 11.4. The number of hydrogen-bond donors (Lipinski definition) is 3. The Hall–Kier alpha value is -3.13. The van der Waals surface area contributed by atoms with Crippen molar-refractivity contribution in [1.29, 1.82) is 0 Å². The summed E-state index contributed by atoms with van der Waals surface area (Å²) in [5.41, 5.74) is 4.25. The number of aryl methyl sites for hydroxylation is 2. The molecule has 1 amide bonds. The van der Waals surface area contributed by atoms with Gasteiger partial charge in [0.15, 0.2) is 5.96 Å². The molecule has 0 fully saturated rings. The number of rotatable bonds is 9. The summed E-state index contributed by atoms with van der Waals surface area (Å²) in [6.07, 6.45) is 0.809. The summed E-state index contributed by atoms with van der Waals surface area (Å²) in [6, 6.07) is 14.0. The molecular formula is C23H30N6OS. The molecule has 0 bridgehead atoms. The SMILES string of the molecule is CCNC(=NCc1ccccc1-n1nc(C)cc1C)NCCCNC(=O)c1cccs1. The fourth-order valence-corrected chi connectivity index (χ4v) is 3.86. The van der Waals surface area contributed by atoms with E-state index in [1.807, 2.05) is 48.2 Å². The maximum atomic E-state index is 12.0. The van der Waals surface area contributed by atoms with Crippen molar-refractivity contribution in [1.82, 2.24) is 25.7 Å². The van der Waals surface area contributed by atoms with Crippen LogP contribution in [-0.4, -0.2) is 41.3 Å². The average Bonchev–Trinajstić information content (AvgIpc) is 3.41. The van der Waals surface area contributed by atoms with Gasteiger partial charge in [-0.15, -0.1) is 11.3 Å². The van der Waals surface area contributed by atoms with E-state index in [1.165, 1.54) is 11.3 Å². The maximum absolute atomic E-state index is 12.0. The van der Waals surface area contributed by atoms with Gasteiger partial charge in [0.05, 0.1) is 22.8 Å². The van der Waals surface area contributed by atoms with Gasteiger partial charge in [0.25, 0.3) is 5.91 Å². The van der Waals surface area contributed by atoms with Crippen molar-refractivity contribution in [2.45, 2.75) is 33.7 Å². The standard InChI is InChI=1S/C23H30N6OS/c1-4-24-23(26-13-8-12-25-22(30)21-11-7-14-31-21)27-16-19-9-5-6-10-20(19)29-18(3)15-17(2)28-29/h5-7,9-11,14-15H,4,8,12-13,16H2,1-3H3,(H,25,30)(H2,24,26,27). The third kappa shape index (κ3) is 6.42. The zero-order valence-electron chi connectivity index (χ0n) is 18.3. The molecule has 0 radical (unpaired) electrons. The average molecular weight is 439 g/mol. The van der Waals surface area contributed by atoms with Gasteiger partial charge in [-0.1, -0.05) is 24.3 Å². The van der Waals surface area contributed by atoms with Gasteiger partial charge < -0.3 is 16.0 Å². The van der Waals surface area contributed by atoms with Crippen LogP contribution in [-0.2, 0) is 6.54 Å². The highest BCUT2D eigenvalue weighted by atomic mass is 32.1. The highest BCUT2D eigenvalue weighted by molar-refractivity contribution is 7.12. The Balaban J connectivity index is 1.55. The van der Waals surface area contributed by atoms with Gasteiger partial charge in [-0.2, -0.15) is 5.10 Å². The smallest absolute Gasteiger partial charge is 0.261 e. The predicted octanol–water partition coefficient (Wildman–Crippen LogP) is 3.43. The van der Waals surface area contributed by atoms with Crippen LogP contribution in [0.15, 0.2) is 52.8 Å². The van der Waals surface area contributed by atoms with E-state index in [-0.39, 0.29) is 5.91 Å². The van der Waals surface area contributed by atoms with Crippen LogP contribution >= 0.6 is 11.3 Å². The first-order chi connectivity index (χ1) is 15.1. The number of guanidine groups is 1. The zero-order chi connectivity index (χ0) is 22.1. The lowest BCUT2D eigenvalue weighted by molar-refractivity contribution is 0.0957. The van der Waals surface area contributed by atoms with Gasteiger partial charge in [0.2, 0.25) is 0 Å². The first-order valence-electron chi connectivity index (χ1n) is 10.5. The van der Waals surface area contributed by atoms with E-state index in [0.717, 1.165) is 53.0 Å². The van der Waals surface area contributed by atoms with E-state index in [2.05, 4.69) is 46.2 Å². The monoisotopic (exact) mass is 438 g/mol. The Morgan fingerprint density at radius 3 is 2.61 bits per heavy atom. The molecule has 0 spiro atoms. The molecule has 0 aliphatic rings. The van der Waals surface area contributed by atoms with E-state index in [1.54, 1.807) is 0 Å². The zero-order valence-corrected chi connectivity index (χ0v) is 19.1. The van der Waals surface area contributed by atoms with E-state index < -0.39 is 0 Å². The fourth-order valence-electron chi connectivity index (χ4n) is 3.22. The second-order valence-corrected chi connectivity index (χ2v) is 8.12. The number of benzene rings is 1. The third-order valence-electron chi connectivity index (χ3n) is 4.66. The van der Waals surface area contributed by atoms with E-state index in [0.29, 0.717) is 13.1 Å². The first kappa shape index (κ1) is 22.6. The number of carbonyl (C=O) groups excluding carboxylic acids is 1. The molecule has 2 heterocycles. The number of aromatic nitrogens is 2. The summed E-state index contributed by atoms with van der Waals surface area (Å²) in [6.45, 7) is 8.75. The molecule has 7 nitrogen and oxygen atoms in total. The number of nitrogens with one attached hydrogen (secondary N) is 3. The molecule has 164 valence electrons. The van der Waals surface area contributed by atoms with Crippen molar-refractivity contribution in [2.75, 3.05) is 19.6 Å². The molecule has 0 atom stereocenters. The summed E-state index contributed by atoms with van der Waals surface area (Å²) in [5, 5.41) is 16.1. The summed E-state index contributed by atoms with van der Waals surface area (Å²) in [5.74, 6) is 0.742. The molecule has 31 heavy (non-hydrogen) atoms. The first-order valence-corrected chi connectivity index (χ1v) is 11.4. The number of thiophene rings is 1. The highest BCUT2D eigenvalue weighted by Crippen LogP contribution is 2.17. The Morgan fingerprint density at radius 2 is 1.90 bits per heavy atom. The van der Waals surface area contributed by atoms with Crippen LogP contribution in [0.3, 0.4) is 0 Å². The molecule has 8 heteroatoms. The number of hydrogen-bond acceptors (Lipinski definition) is 4. The molecule has 3 N–H and O–H groups in total. The van der Waals surface area contributed by atoms with Gasteiger partial charge in [-0.05, 0) is 56.3 Å². The Kier molecular flexibility index (Phi) is 8.23. The molecular weight excluding hydrogens is 408 g/mol. The fraction of sp³-hybridized carbons (Fsp3) is 0.348. The van der Waals surface area contributed by atoms with E-state index in [4.69, 9.17) is 4.99 Å². The third-order valence-corrected chi connectivity index (χ3v) is 5.53. The summed E-state index contributed by atoms with van der Waals surface area (Å²) in [7, 11) is 0. The van der Waals surface area contributed by atoms with Gasteiger partial charge in [0.1, 0.15) is 0 Å². The van der Waals surface area contributed by atoms with E-state index in [9.17, 15) is 4.79 Å². The number of nitrogens with zero attached hydrogens (tertiary/aromatic N) is 3. The van der Waals surface area contributed by atoms with E-state index >= 15 is 0 Å². The minimum absolute atomic E-state index is 0.0173. The largest absolute Gasteiger partial charge is 0.357 e. The molecule has 0 aliphatic heterocycles. The summed E-state index contributed by atoms with van der Waals surface area (Å²) < 4.78 is 1.97. The number of aliphatic imine (C=N–C) groups is 1. The lowest BCUT2D eigenvalue weighted by Gasteiger charge is -2.13. The van der Waals surface area contributed by atoms with Crippen LogP contribution in [0.5, 0.6) is 0 Å². The van der Waals surface area contributed by atoms with Crippen LogP contribution in [0.2, 0.25) is 0 Å². The highest BCUT2D eigenvalue weighted by Gasteiger charge is 2.09. The van der Waals surface area contributed by atoms with Crippen LogP contribution in [0, 0.1) is 13.8 Å². The quantitative estimate of drug-likeness (QED) is 0.272. The molecule has 0 unspecified atom stereocenters. The maximum Gasteiger partial charge on any atom is 0.261 e. The van der Waals surface area contributed by atoms with Gasteiger partial charge in [-0.25, -0.2) is 9.67 Å². The lowest BCUT2D eigenvalue weighted by Crippen LogP contribution is -2.38. The number of amides is 1. The molecule has 0 saturated carbocycles. The second-order valence-electron chi connectivity index (χ2n) is 7.18. The topological polar surface area (TPSA) is 83.3 Å². The Morgan fingerprint density at radius 1 is 1.10 bits per heavy atom. The van der Waals surface area contributed by atoms with Crippen LogP contribution in [0.25, 0.3) is 5.69 Å². The molecule has 1 aromatic carbocycles. The Bertz CT molecular complexity index is 1010. The lowest BCUT2D eigenvalue weighted by atomic mass is 10.2. The van der Waals surface area contributed by atoms with Crippen LogP contribution in [0.4, 0.5) is 0 Å². The van der Waals surface area contributed by atoms with Crippen molar-refractivity contribution >= 4 is 23.2 Å². The van der Waals surface area contributed by atoms with Crippen LogP contribution < -0.4 is 16.0 Å². The van der Waals surface area contributed by atoms with Crippen molar-refractivity contribution in [2.24, 2.45) is 4.99 Å². The minimum Gasteiger partial charge on any atom is -0.357 e. The summed E-state index contributed by atoms with van der Waals surface area (Å²) >= 11 is 1.45. The minimum atomic E-state index is -0.0173. The molecule has 2 aromatic heterocycles. The second kappa shape index (κ2) is 11.3. The number of para-hydroxylation sites is 1. The molecule has 3 rings (SSSR count). The van der Waals surface area contributed by atoms with Crippen LogP contribution in [0.1, 0.15) is 40.0 Å². The van der Waals surface area contributed by atoms with Crippen molar-refractivity contribution in [3.63, 3.8) is 0 Å². The number of carbonyl (C=O) groups is 1. The summed E-state index contributed by atoms with van der Waals surface area (Å²) in [4.78, 5) is 17.5. The van der Waals surface area contributed by atoms with Crippen molar-refractivity contribution < 1.29 is 4.79 Å². The van der Waals surface area contributed by atoms with Gasteiger partial charge >= 0.3 is 0 Å². The molecule has 0 aliphatic carbocycles. The van der Waals surface area contributed by atoms with Crippen molar-refractivity contribution in [3.05, 3.63) is 69.7 Å². The predicted molar refractivity (Wildman–Crippen MR) is 127 cm³/mol. The van der Waals surface area contributed by atoms with Crippen molar-refractivity contribution in [3.8, 4) is 5.69 Å². The van der Waals surface area contributed by atoms with Gasteiger partial charge in [0, 0.05) is 25.3 Å². The molecule has 3 aromatic rings. The van der Waals surface area contributed by atoms with Gasteiger partial charge in [-0.3, -0.25) is 4.79 Å². The Labute approximate surface area is 187 Å².